The Kier molecular flexibility index (Phi) is 10.2. The first kappa shape index (κ1) is 24.5. The van der Waals surface area contributed by atoms with Crippen molar-refractivity contribution in [3.63, 3.8) is 0 Å². The Bertz CT molecular complexity index is 842. The highest BCUT2D eigenvalue weighted by Crippen LogP contribution is 2.18. The van der Waals surface area contributed by atoms with E-state index < -0.39 is 6.04 Å². The van der Waals surface area contributed by atoms with Gasteiger partial charge in [0.15, 0.2) is 0 Å². The molecule has 0 saturated carbocycles. The second-order valence-electron chi connectivity index (χ2n) is 7.25. The number of rotatable bonds is 12. The number of hydrogen-bond donors (Lipinski definition) is 1. The molecule has 2 rings (SSSR count). The summed E-state index contributed by atoms with van der Waals surface area (Å²) < 4.78 is 10.8. The zero-order valence-electron chi connectivity index (χ0n) is 18.4. The molecule has 0 aromatic heterocycles. The maximum Gasteiger partial charge on any atom is 0.242 e. The molecule has 0 bridgehead atoms. The van der Waals surface area contributed by atoms with Crippen LogP contribution in [0.5, 0.6) is 11.5 Å². The molecule has 2 aromatic rings. The maximum atomic E-state index is 13.0. The summed E-state index contributed by atoms with van der Waals surface area (Å²) >= 11 is 6.09. The molecule has 0 aliphatic carbocycles. The predicted octanol–water partition coefficient (Wildman–Crippen LogP) is 4.45. The molecule has 2 aromatic carbocycles. The van der Waals surface area contributed by atoms with E-state index >= 15 is 0 Å². The SMILES string of the molecule is CCCNC(=O)[C@@H](C)N(Cc1cccc(Cl)c1)C(=O)CCCOc1ccc(OC)cc1. The normalized spacial score (nSPS) is 11.5. The molecule has 0 spiro atoms. The summed E-state index contributed by atoms with van der Waals surface area (Å²) in [6, 6.07) is 14.0. The Morgan fingerprint density at radius 1 is 1.13 bits per heavy atom. The Morgan fingerprint density at radius 3 is 2.48 bits per heavy atom. The van der Waals surface area contributed by atoms with Crippen LogP contribution in [0.15, 0.2) is 48.5 Å². The predicted molar refractivity (Wildman–Crippen MR) is 122 cm³/mol. The highest BCUT2D eigenvalue weighted by atomic mass is 35.5. The van der Waals surface area contributed by atoms with Crippen molar-refractivity contribution in [2.45, 2.75) is 45.7 Å². The van der Waals surface area contributed by atoms with Crippen LogP contribution in [0, 0.1) is 0 Å². The first-order valence-corrected chi connectivity index (χ1v) is 10.9. The van der Waals surface area contributed by atoms with Gasteiger partial charge in [0.05, 0.1) is 13.7 Å². The van der Waals surface area contributed by atoms with Gasteiger partial charge in [-0.15, -0.1) is 0 Å². The van der Waals surface area contributed by atoms with Crippen molar-refractivity contribution < 1.29 is 19.1 Å². The van der Waals surface area contributed by atoms with E-state index in [-0.39, 0.29) is 18.2 Å². The number of amides is 2. The highest BCUT2D eigenvalue weighted by Gasteiger charge is 2.25. The second kappa shape index (κ2) is 12.8. The minimum absolute atomic E-state index is 0.0996. The topological polar surface area (TPSA) is 67.9 Å². The number of carbonyl (C=O) groups excluding carboxylic acids is 2. The highest BCUT2D eigenvalue weighted by molar-refractivity contribution is 6.30. The molecule has 6 nitrogen and oxygen atoms in total. The van der Waals surface area contributed by atoms with E-state index in [1.54, 1.807) is 25.0 Å². The van der Waals surface area contributed by atoms with Crippen molar-refractivity contribution in [1.82, 2.24) is 10.2 Å². The summed E-state index contributed by atoms with van der Waals surface area (Å²) in [6.45, 7) is 5.04. The fraction of sp³-hybridized carbons (Fsp3) is 0.417. The van der Waals surface area contributed by atoms with Crippen LogP contribution in [0.3, 0.4) is 0 Å². The molecule has 7 heteroatoms. The van der Waals surface area contributed by atoms with Crippen molar-refractivity contribution in [3.05, 3.63) is 59.1 Å². The average molecular weight is 447 g/mol. The van der Waals surface area contributed by atoms with Gasteiger partial charge in [0, 0.05) is 24.5 Å². The van der Waals surface area contributed by atoms with E-state index in [1.807, 2.05) is 49.4 Å². The smallest absolute Gasteiger partial charge is 0.242 e. The van der Waals surface area contributed by atoms with E-state index in [1.165, 1.54) is 0 Å². The molecule has 2 amide bonds. The third-order valence-electron chi connectivity index (χ3n) is 4.82. The van der Waals surface area contributed by atoms with E-state index in [4.69, 9.17) is 21.1 Å². The van der Waals surface area contributed by atoms with Gasteiger partial charge in [0.2, 0.25) is 11.8 Å². The molecule has 1 atom stereocenters. The summed E-state index contributed by atoms with van der Waals surface area (Å²) in [5.41, 5.74) is 0.880. The Morgan fingerprint density at radius 2 is 1.84 bits per heavy atom. The minimum Gasteiger partial charge on any atom is -0.497 e. The lowest BCUT2D eigenvalue weighted by Crippen LogP contribution is -2.47. The molecule has 0 unspecified atom stereocenters. The fourth-order valence-corrected chi connectivity index (χ4v) is 3.25. The molecule has 168 valence electrons. The number of benzene rings is 2. The van der Waals surface area contributed by atoms with Gasteiger partial charge in [0.1, 0.15) is 17.5 Å². The van der Waals surface area contributed by atoms with Gasteiger partial charge >= 0.3 is 0 Å². The fourth-order valence-electron chi connectivity index (χ4n) is 3.04. The van der Waals surface area contributed by atoms with E-state index in [9.17, 15) is 9.59 Å². The van der Waals surface area contributed by atoms with Crippen LogP contribution in [0.1, 0.15) is 38.7 Å². The molecular weight excluding hydrogens is 416 g/mol. The summed E-state index contributed by atoms with van der Waals surface area (Å²) in [5.74, 6) is 1.22. The van der Waals surface area contributed by atoms with Gasteiger partial charge in [-0.25, -0.2) is 0 Å². The lowest BCUT2D eigenvalue weighted by molar-refractivity contribution is -0.140. The number of ether oxygens (including phenoxy) is 2. The molecule has 1 N–H and O–H groups in total. The van der Waals surface area contributed by atoms with Crippen molar-refractivity contribution in [3.8, 4) is 11.5 Å². The zero-order chi connectivity index (χ0) is 22.6. The lowest BCUT2D eigenvalue weighted by atomic mass is 10.1. The standard InChI is InChI=1S/C24H31ClN2O4/c1-4-14-26-24(29)18(2)27(17-19-7-5-8-20(25)16-19)23(28)9-6-15-31-22-12-10-21(30-3)11-13-22/h5,7-8,10-13,16,18H,4,6,9,14-15,17H2,1-3H3,(H,26,29)/t18-/m1/s1. The van der Waals surface area contributed by atoms with E-state index in [2.05, 4.69) is 5.32 Å². The first-order valence-electron chi connectivity index (χ1n) is 10.5. The Hall–Kier alpha value is -2.73. The molecule has 0 fully saturated rings. The van der Waals surface area contributed by atoms with Crippen LogP contribution in [-0.4, -0.2) is 43.0 Å². The number of halogens is 1. The van der Waals surface area contributed by atoms with Crippen LogP contribution in [0.25, 0.3) is 0 Å². The Balaban J connectivity index is 1.96. The molecule has 31 heavy (non-hydrogen) atoms. The summed E-state index contributed by atoms with van der Waals surface area (Å²) in [4.78, 5) is 27.1. The number of hydrogen-bond acceptors (Lipinski definition) is 4. The monoisotopic (exact) mass is 446 g/mol. The van der Waals surface area contributed by atoms with E-state index in [0.29, 0.717) is 31.1 Å². The third-order valence-corrected chi connectivity index (χ3v) is 5.06. The molecular formula is C24H31ClN2O4. The van der Waals surface area contributed by atoms with Crippen molar-refractivity contribution in [2.75, 3.05) is 20.3 Å². The molecule has 0 saturated heterocycles. The summed E-state index contributed by atoms with van der Waals surface area (Å²) in [6.07, 6.45) is 1.66. The van der Waals surface area contributed by atoms with Crippen LogP contribution in [0.2, 0.25) is 5.02 Å². The largest absolute Gasteiger partial charge is 0.497 e. The lowest BCUT2D eigenvalue weighted by Gasteiger charge is -2.29. The quantitative estimate of drug-likeness (QED) is 0.489. The van der Waals surface area contributed by atoms with Crippen LogP contribution < -0.4 is 14.8 Å². The zero-order valence-corrected chi connectivity index (χ0v) is 19.2. The van der Waals surface area contributed by atoms with Gasteiger partial charge in [-0.2, -0.15) is 0 Å². The minimum atomic E-state index is -0.583. The van der Waals surface area contributed by atoms with Crippen molar-refractivity contribution in [2.24, 2.45) is 0 Å². The number of methoxy groups -OCH3 is 1. The third kappa shape index (κ3) is 8.13. The maximum absolute atomic E-state index is 13.0. The summed E-state index contributed by atoms with van der Waals surface area (Å²) in [5, 5.41) is 3.47. The van der Waals surface area contributed by atoms with Crippen LogP contribution >= 0.6 is 11.6 Å². The first-order chi connectivity index (χ1) is 14.9. The number of nitrogens with one attached hydrogen (secondary N) is 1. The van der Waals surface area contributed by atoms with Gasteiger partial charge in [-0.3, -0.25) is 9.59 Å². The number of carbonyl (C=O) groups is 2. The van der Waals surface area contributed by atoms with Crippen molar-refractivity contribution >= 4 is 23.4 Å². The van der Waals surface area contributed by atoms with Crippen LogP contribution in [-0.2, 0) is 16.1 Å². The molecule has 0 aliphatic rings. The van der Waals surface area contributed by atoms with Gasteiger partial charge in [0.25, 0.3) is 0 Å². The molecule has 0 heterocycles. The van der Waals surface area contributed by atoms with Crippen LogP contribution in [0.4, 0.5) is 0 Å². The average Bonchev–Trinajstić information content (AvgIpc) is 2.78. The second-order valence-corrected chi connectivity index (χ2v) is 7.68. The van der Waals surface area contributed by atoms with Gasteiger partial charge < -0.3 is 19.7 Å². The summed E-state index contributed by atoms with van der Waals surface area (Å²) in [7, 11) is 1.61. The van der Waals surface area contributed by atoms with Gasteiger partial charge in [-0.1, -0.05) is 30.7 Å². The molecule has 0 radical (unpaired) electrons. The van der Waals surface area contributed by atoms with E-state index in [0.717, 1.165) is 23.5 Å². The van der Waals surface area contributed by atoms with Crippen molar-refractivity contribution in [1.29, 1.82) is 0 Å². The number of nitrogens with zero attached hydrogens (tertiary/aromatic N) is 1. The van der Waals surface area contributed by atoms with Gasteiger partial charge in [-0.05, 0) is 61.7 Å². The molecule has 0 aliphatic heterocycles. The Labute approximate surface area is 189 Å².